The summed E-state index contributed by atoms with van der Waals surface area (Å²) in [6, 6.07) is 0.262. The highest BCUT2D eigenvalue weighted by atomic mass is 15.3. The van der Waals surface area contributed by atoms with E-state index in [1.165, 1.54) is 0 Å². The zero-order valence-corrected chi connectivity index (χ0v) is 7.13. The third kappa shape index (κ3) is 3.44. The summed E-state index contributed by atoms with van der Waals surface area (Å²) in [4.78, 5) is 5.32. The van der Waals surface area contributed by atoms with Crippen LogP contribution in [-0.4, -0.2) is 29.9 Å². The molecule has 5 N–H and O–H groups in total. The Morgan fingerprint density at radius 1 is 1.45 bits per heavy atom. The van der Waals surface area contributed by atoms with E-state index in [1.54, 1.807) is 11.9 Å². The molecule has 11 heavy (non-hydrogen) atoms. The number of rotatable bonds is 1. The second kappa shape index (κ2) is 3.80. The molecule has 0 rings (SSSR count). The normalized spacial score (nSPS) is 11.8. The summed E-state index contributed by atoms with van der Waals surface area (Å²) in [6.45, 7) is 3.95. The Morgan fingerprint density at radius 2 is 1.91 bits per heavy atom. The maximum Gasteiger partial charge on any atom is 0.215 e. The Hall–Kier alpha value is -1.26. The van der Waals surface area contributed by atoms with E-state index in [9.17, 15) is 0 Å². The van der Waals surface area contributed by atoms with Crippen LogP contribution in [0.2, 0.25) is 0 Å². The molecule has 0 saturated heterocycles. The monoisotopic (exact) mass is 157 g/mol. The maximum absolute atomic E-state index is 6.84. The van der Waals surface area contributed by atoms with Crippen LogP contribution in [0.3, 0.4) is 0 Å². The van der Waals surface area contributed by atoms with Crippen molar-refractivity contribution in [2.24, 2.45) is 16.5 Å². The number of guanidine groups is 2. The first kappa shape index (κ1) is 9.74. The molecule has 0 unspecified atom stereocenters. The van der Waals surface area contributed by atoms with Gasteiger partial charge in [-0.15, -0.1) is 0 Å². The fourth-order valence-electron chi connectivity index (χ4n) is 0.467. The summed E-state index contributed by atoms with van der Waals surface area (Å²) in [5, 5.41) is 6.84. The largest absolute Gasteiger partial charge is 0.369 e. The minimum atomic E-state index is -0.269. The predicted octanol–water partition coefficient (Wildman–Crippen LogP) is -0.465. The van der Waals surface area contributed by atoms with Gasteiger partial charge in [-0.2, -0.15) is 4.99 Å². The average Bonchev–Trinajstić information content (AvgIpc) is 1.84. The van der Waals surface area contributed by atoms with Gasteiger partial charge in [0.05, 0.1) is 0 Å². The van der Waals surface area contributed by atoms with Gasteiger partial charge in [0.1, 0.15) is 0 Å². The molecular formula is C6H15N5. The molecular weight excluding hydrogens is 142 g/mol. The maximum atomic E-state index is 6.84. The molecule has 0 amide bonds. The van der Waals surface area contributed by atoms with E-state index < -0.39 is 0 Å². The van der Waals surface area contributed by atoms with Crippen molar-refractivity contribution in [3.63, 3.8) is 0 Å². The van der Waals surface area contributed by atoms with Gasteiger partial charge in [-0.3, -0.25) is 5.41 Å². The number of nitrogens with zero attached hydrogens (tertiary/aromatic N) is 2. The zero-order chi connectivity index (χ0) is 9.02. The van der Waals surface area contributed by atoms with Gasteiger partial charge >= 0.3 is 0 Å². The Kier molecular flexibility index (Phi) is 3.36. The lowest BCUT2D eigenvalue weighted by Crippen LogP contribution is -2.39. The van der Waals surface area contributed by atoms with E-state index in [-0.39, 0.29) is 18.0 Å². The lowest BCUT2D eigenvalue weighted by molar-refractivity contribution is 0.413. The first-order valence-electron chi connectivity index (χ1n) is 3.36. The number of hydrogen-bond acceptors (Lipinski definition) is 1. The first-order valence-corrected chi connectivity index (χ1v) is 3.36. The van der Waals surface area contributed by atoms with Crippen molar-refractivity contribution in [3.8, 4) is 0 Å². The summed E-state index contributed by atoms with van der Waals surface area (Å²) < 4.78 is 0. The summed E-state index contributed by atoms with van der Waals surface area (Å²) in [6.07, 6.45) is 0. The van der Waals surface area contributed by atoms with Gasteiger partial charge in [0.25, 0.3) is 0 Å². The number of nitrogens with two attached hydrogens (primary N) is 2. The highest BCUT2D eigenvalue weighted by molar-refractivity contribution is 5.91. The van der Waals surface area contributed by atoms with E-state index in [1.807, 2.05) is 13.8 Å². The van der Waals surface area contributed by atoms with Crippen LogP contribution in [-0.2, 0) is 0 Å². The highest BCUT2D eigenvalue weighted by Crippen LogP contribution is 1.91. The molecule has 5 heteroatoms. The van der Waals surface area contributed by atoms with Crippen molar-refractivity contribution < 1.29 is 0 Å². The van der Waals surface area contributed by atoms with Crippen LogP contribution in [0.1, 0.15) is 13.8 Å². The first-order chi connectivity index (χ1) is 4.95. The van der Waals surface area contributed by atoms with E-state index in [4.69, 9.17) is 16.9 Å². The van der Waals surface area contributed by atoms with Crippen molar-refractivity contribution in [2.75, 3.05) is 7.05 Å². The van der Waals surface area contributed by atoms with Crippen LogP contribution in [0.4, 0.5) is 0 Å². The fourth-order valence-corrected chi connectivity index (χ4v) is 0.467. The molecule has 0 aromatic carbocycles. The molecule has 0 aromatic heterocycles. The van der Waals surface area contributed by atoms with Crippen LogP contribution in [0, 0.1) is 5.41 Å². The number of nitrogens with one attached hydrogen (secondary N) is 1. The Morgan fingerprint density at radius 3 is 2.18 bits per heavy atom. The van der Waals surface area contributed by atoms with E-state index in [0.29, 0.717) is 0 Å². The molecule has 5 nitrogen and oxygen atoms in total. The Bertz CT molecular complexity index is 172. The van der Waals surface area contributed by atoms with E-state index in [0.717, 1.165) is 0 Å². The van der Waals surface area contributed by atoms with Gasteiger partial charge in [-0.1, -0.05) is 0 Å². The third-order valence-corrected chi connectivity index (χ3v) is 1.37. The van der Waals surface area contributed by atoms with Gasteiger partial charge in [0.2, 0.25) is 5.96 Å². The van der Waals surface area contributed by atoms with Crippen LogP contribution in [0.5, 0.6) is 0 Å². The van der Waals surface area contributed by atoms with Crippen molar-refractivity contribution >= 4 is 11.9 Å². The standard InChI is InChI=1S/C6H15N5/c1-4(2)11(3)6(9)10-5(7)8/h4H,1-3H3,(H5,7,8,9,10). The quantitative estimate of drug-likeness (QED) is 0.355. The topological polar surface area (TPSA) is 91.5 Å². The summed E-state index contributed by atoms with van der Waals surface area (Å²) in [5.74, 6) is 0.00231. The summed E-state index contributed by atoms with van der Waals surface area (Å²) in [7, 11) is 1.80. The molecule has 0 spiro atoms. The average molecular weight is 157 g/mol. The van der Waals surface area contributed by atoms with Crippen molar-refractivity contribution in [2.45, 2.75) is 19.9 Å². The second-order valence-corrected chi connectivity index (χ2v) is 2.56. The minimum absolute atomic E-state index is 0.262. The van der Waals surface area contributed by atoms with Gasteiger partial charge in [0, 0.05) is 13.1 Å². The van der Waals surface area contributed by atoms with Crippen LogP contribution < -0.4 is 11.5 Å². The smallest absolute Gasteiger partial charge is 0.215 e. The molecule has 0 fully saturated rings. The van der Waals surface area contributed by atoms with E-state index in [2.05, 4.69) is 4.99 Å². The van der Waals surface area contributed by atoms with Crippen LogP contribution >= 0.6 is 0 Å². The Labute approximate surface area is 66.6 Å². The lowest BCUT2D eigenvalue weighted by atomic mass is 10.4. The molecule has 0 heterocycles. The second-order valence-electron chi connectivity index (χ2n) is 2.56. The van der Waals surface area contributed by atoms with Gasteiger partial charge in [-0.25, -0.2) is 0 Å². The highest BCUT2D eigenvalue weighted by Gasteiger charge is 2.04. The molecule has 0 atom stereocenters. The molecule has 0 aromatic rings. The predicted molar refractivity (Wildman–Crippen MR) is 46.4 cm³/mol. The Balaban J connectivity index is 4.23. The van der Waals surface area contributed by atoms with Crippen LogP contribution in [0.25, 0.3) is 0 Å². The van der Waals surface area contributed by atoms with Crippen LogP contribution in [0.15, 0.2) is 4.99 Å². The molecule has 0 saturated carbocycles. The van der Waals surface area contributed by atoms with E-state index >= 15 is 0 Å². The minimum Gasteiger partial charge on any atom is -0.369 e. The van der Waals surface area contributed by atoms with Gasteiger partial charge < -0.3 is 16.4 Å². The van der Waals surface area contributed by atoms with Crippen molar-refractivity contribution in [1.29, 1.82) is 5.41 Å². The molecule has 0 radical (unpaired) electrons. The fraction of sp³-hybridized carbons (Fsp3) is 0.667. The van der Waals surface area contributed by atoms with Gasteiger partial charge in [-0.05, 0) is 13.8 Å². The number of aliphatic imine (C=N–C) groups is 1. The number of hydrogen-bond donors (Lipinski definition) is 3. The SMILES string of the molecule is CC(C)N(C)C(N)=NC(=N)N. The van der Waals surface area contributed by atoms with Crippen molar-refractivity contribution in [3.05, 3.63) is 0 Å². The van der Waals surface area contributed by atoms with Gasteiger partial charge in [0.15, 0.2) is 5.96 Å². The molecule has 0 aliphatic rings. The molecule has 0 bridgehead atoms. The molecule has 64 valence electrons. The molecule has 0 aliphatic heterocycles. The summed E-state index contributed by atoms with van der Waals surface area (Å²) in [5.41, 5.74) is 10.5. The van der Waals surface area contributed by atoms with Crippen molar-refractivity contribution in [1.82, 2.24) is 4.90 Å². The molecule has 0 aliphatic carbocycles. The summed E-state index contributed by atoms with van der Waals surface area (Å²) >= 11 is 0. The third-order valence-electron chi connectivity index (χ3n) is 1.37. The zero-order valence-electron chi connectivity index (χ0n) is 7.13. The lowest BCUT2D eigenvalue weighted by Gasteiger charge is -2.21.